The summed E-state index contributed by atoms with van der Waals surface area (Å²) in [5, 5.41) is 12.2. The molecule has 0 aromatic heterocycles. The molecule has 0 fully saturated rings. The van der Waals surface area contributed by atoms with E-state index in [1.54, 1.807) is 37.3 Å². The summed E-state index contributed by atoms with van der Waals surface area (Å²) in [7, 11) is 0. The zero-order valence-electron chi connectivity index (χ0n) is 10.7. The Morgan fingerprint density at radius 2 is 1.95 bits per heavy atom. The summed E-state index contributed by atoms with van der Waals surface area (Å²) in [5.74, 6) is -1.45. The average molecular weight is 338 g/mol. The molecule has 5 heteroatoms. The van der Waals surface area contributed by atoms with Crippen molar-refractivity contribution < 1.29 is 14.3 Å². The second-order valence-electron chi connectivity index (χ2n) is 4.41. The van der Waals surface area contributed by atoms with E-state index >= 15 is 0 Å². The maximum Gasteiger partial charge on any atom is 0.330 e. The molecule has 2 aromatic rings. The Labute approximate surface area is 124 Å². The Morgan fingerprint density at radius 3 is 2.55 bits per heavy atom. The molecule has 0 aliphatic carbocycles. The van der Waals surface area contributed by atoms with Crippen LogP contribution in [0.5, 0.6) is 0 Å². The van der Waals surface area contributed by atoms with Gasteiger partial charge in [0.15, 0.2) is 6.04 Å². The molecule has 1 atom stereocenters. The molecule has 104 valence electrons. The van der Waals surface area contributed by atoms with E-state index in [2.05, 4.69) is 21.2 Å². The zero-order valence-corrected chi connectivity index (χ0v) is 12.3. The highest BCUT2D eigenvalue weighted by molar-refractivity contribution is 9.10. The normalized spacial score (nSPS) is 11.9. The SMILES string of the molecule is Cc1cc(Br)c(F)cc1NC(C(=O)O)c1ccccc1. The lowest BCUT2D eigenvalue weighted by molar-refractivity contribution is -0.138. The van der Waals surface area contributed by atoms with Crippen LogP contribution in [0.3, 0.4) is 0 Å². The van der Waals surface area contributed by atoms with Crippen molar-refractivity contribution in [2.24, 2.45) is 0 Å². The molecule has 3 nitrogen and oxygen atoms in total. The van der Waals surface area contributed by atoms with Crippen LogP contribution >= 0.6 is 15.9 Å². The van der Waals surface area contributed by atoms with Gasteiger partial charge in [-0.15, -0.1) is 0 Å². The van der Waals surface area contributed by atoms with E-state index in [0.717, 1.165) is 5.56 Å². The first-order valence-corrected chi connectivity index (χ1v) is 6.78. The summed E-state index contributed by atoms with van der Waals surface area (Å²) in [5.41, 5.74) is 1.84. The lowest BCUT2D eigenvalue weighted by Gasteiger charge is -2.18. The van der Waals surface area contributed by atoms with Gasteiger partial charge in [-0.2, -0.15) is 0 Å². The minimum absolute atomic E-state index is 0.354. The van der Waals surface area contributed by atoms with Crippen molar-refractivity contribution in [3.63, 3.8) is 0 Å². The van der Waals surface area contributed by atoms with E-state index < -0.39 is 17.8 Å². The van der Waals surface area contributed by atoms with Gasteiger partial charge in [0.25, 0.3) is 0 Å². The van der Waals surface area contributed by atoms with E-state index in [1.165, 1.54) is 6.07 Å². The Hall–Kier alpha value is -1.88. The Balaban J connectivity index is 2.35. The lowest BCUT2D eigenvalue weighted by Crippen LogP contribution is -2.21. The van der Waals surface area contributed by atoms with Crippen LogP contribution in [0.15, 0.2) is 46.9 Å². The molecule has 2 rings (SSSR count). The third kappa shape index (κ3) is 3.17. The van der Waals surface area contributed by atoms with Crippen molar-refractivity contribution >= 4 is 27.6 Å². The number of hydrogen-bond donors (Lipinski definition) is 2. The summed E-state index contributed by atoms with van der Waals surface area (Å²) in [6.07, 6.45) is 0. The van der Waals surface area contributed by atoms with Gasteiger partial charge < -0.3 is 10.4 Å². The Kier molecular flexibility index (Phi) is 4.39. The molecule has 0 spiro atoms. The van der Waals surface area contributed by atoms with Crippen LogP contribution in [0, 0.1) is 12.7 Å². The number of benzene rings is 2. The van der Waals surface area contributed by atoms with E-state index in [9.17, 15) is 14.3 Å². The monoisotopic (exact) mass is 337 g/mol. The van der Waals surface area contributed by atoms with E-state index in [4.69, 9.17) is 0 Å². The fraction of sp³-hybridized carbons (Fsp3) is 0.133. The van der Waals surface area contributed by atoms with Crippen LogP contribution in [0.25, 0.3) is 0 Å². The molecule has 0 saturated carbocycles. The highest BCUT2D eigenvalue weighted by Crippen LogP contribution is 2.27. The minimum atomic E-state index is -1.01. The van der Waals surface area contributed by atoms with Crippen molar-refractivity contribution in [2.45, 2.75) is 13.0 Å². The second-order valence-corrected chi connectivity index (χ2v) is 5.26. The van der Waals surface area contributed by atoms with Crippen molar-refractivity contribution in [3.8, 4) is 0 Å². The highest BCUT2D eigenvalue weighted by atomic mass is 79.9. The predicted molar refractivity (Wildman–Crippen MR) is 79.3 cm³/mol. The molecule has 0 amide bonds. The first-order chi connectivity index (χ1) is 9.49. The minimum Gasteiger partial charge on any atom is -0.479 e. The summed E-state index contributed by atoms with van der Waals surface area (Å²) in [6, 6.07) is 10.8. The number of carboxylic acids is 1. The second kappa shape index (κ2) is 6.05. The Morgan fingerprint density at radius 1 is 1.30 bits per heavy atom. The van der Waals surface area contributed by atoms with Crippen molar-refractivity contribution in [1.29, 1.82) is 0 Å². The van der Waals surface area contributed by atoms with Crippen LogP contribution < -0.4 is 5.32 Å². The number of carboxylic acid groups (broad SMARTS) is 1. The quantitative estimate of drug-likeness (QED) is 0.881. The van der Waals surface area contributed by atoms with Gasteiger partial charge in [-0.3, -0.25) is 0 Å². The third-order valence-corrected chi connectivity index (χ3v) is 3.55. The lowest BCUT2D eigenvalue weighted by atomic mass is 10.1. The predicted octanol–water partition coefficient (Wildman–Crippen LogP) is 4.13. The maximum atomic E-state index is 13.6. The number of carbonyl (C=O) groups is 1. The van der Waals surface area contributed by atoms with Crippen molar-refractivity contribution in [3.05, 3.63) is 63.9 Å². The van der Waals surface area contributed by atoms with Gasteiger partial charge in [-0.25, -0.2) is 9.18 Å². The topological polar surface area (TPSA) is 49.3 Å². The molecular weight excluding hydrogens is 325 g/mol. The molecule has 0 radical (unpaired) electrons. The molecule has 20 heavy (non-hydrogen) atoms. The number of nitrogens with one attached hydrogen (secondary N) is 1. The first kappa shape index (κ1) is 14.5. The number of halogens is 2. The largest absolute Gasteiger partial charge is 0.479 e. The van der Waals surface area contributed by atoms with Gasteiger partial charge >= 0.3 is 5.97 Å². The van der Waals surface area contributed by atoms with Crippen LogP contribution in [0.2, 0.25) is 0 Å². The van der Waals surface area contributed by atoms with Gasteiger partial charge in [-0.05, 0) is 46.1 Å². The molecule has 2 N–H and O–H groups in total. The fourth-order valence-electron chi connectivity index (χ4n) is 1.89. The van der Waals surface area contributed by atoms with Crippen molar-refractivity contribution in [2.75, 3.05) is 5.32 Å². The molecule has 0 aliphatic rings. The molecule has 0 saturated heterocycles. The van der Waals surface area contributed by atoms with E-state index in [0.29, 0.717) is 15.7 Å². The number of anilines is 1. The first-order valence-electron chi connectivity index (χ1n) is 5.99. The van der Waals surface area contributed by atoms with Crippen molar-refractivity contribution in [1.82, 2.24) is 0 Å². The average Bonchev–Trinajstić information content (AvgIpc) is 2.42. The molecule has 0 bridgehead atoms. The smallest absolute Gasteiger partial charge is 0.330 e. The summed E-state index contributed by atoms with van der Waals surface area (Å²) in [6.45, 7) is 1.79. The number of aliphatic carboxylic acids is 1. The van der Waals surface area contributed by atoms with Gasteiger partial charge in [0.05, 0.1) is 4.47 Å². The molecule has 0 aliphatic heterocycles. The zero-order chi connectivity index (χ0) is 14.7. The van der Waals surface area contributed by atoms with E-state index in [1.807, 2.05) is 6.07 Å². The van der Waals surface area contributed by atoms with Gasteiger partial charge in [-0.1, -0.05) is 30.3 Å². The van der Waals surface area contributed by atoms with Crippen LogP contribution in [-0.4, -0.2) is 11.1 Å². The maximum absolute atomic E-state index is 13.6. The van der Waals surface area contributed by atoms with E-state index in [-0.39, 0.29) is 0 Å². The number of rotatable bonds is 4. The third-order valence-electron chi connectivity index (χ3n) is 2.95. The van der Waals surface area contributed by atoms with Gasteiger partial charge in [0, 0.05) is 5.69 Å². The molecule has 0 heterocycles. The van der Waals surface area contributed by atoms with Crippen LogP contribution in [0.4, 0.5) is 10.1 Å². The summed E-state index contributed by atoms with van der Waals surface area (Å²) in [4.78, 5) is 11.4. The molecule has 2 aromatic carbocycles. The molecular formula is C15H13BrFNO2. The van der Waals surface area contributed by atoms with Crippen LogP contribution in [-0.2, 0) is 4.79 Å². The van der Waals surface area contributed by atoms with Gasteiger partial charge in [0.1, 0.15) is 5.82 Å². The fourth-order valence-corrected chi connectivity index (χ4v) is 2.35. The van der Waals surface area contributed by atoms with Gasteiger partial charge in [0.2, 0.25) is 0 Å². The summed E-state index contributed by atoms with van der Waals surface area (Å²) >= 11 is 3.10. The number of aryl methyl sites for hydroxylation is 1. The number of hydrogen-bond acceptors (Lipinski definition) is 2. The Bertz CT molecular complexity index is 631. The van der Waals surface area contributed by atoms with Crippen LogP contribution in [0.1, 0.15) is 17.2 Å². The highest BCUT2D eigenvalue weighted by Gasteiger charge is 2.20. The standard InChI is InChI=1S/C15H13BrFNO2/c1-9-7-11(16)12(17)8-13(9)18-14(15(19)20)10-5-3-2-4-6-10/h2-8,14,18H,1H3,(H,19,20). The molecule has 1 unspecified atom stereocenters. The summed E-state index contributed by atoms with van der Waals surface area (Å²) < 4.78 is 13.9.